The molecule has 0 saturated heterocycles. The summed E-state index contributed by atoms with van der Waals surface area (Å²) in [5, 5.41) is 0. The lowest BCUT2D eigenvalue weighted by molar-refractivity contribution is -0.117. The fraction of sp³-hybridized carbons (Fsp3) is 0.222. The highest BCUT2D eigenvalue weighted by molar-refractivity contribution is 5.86. The average molecular weight is 325 g/mol. The molecule has 0 spiro atoms. The molecule has 0 aliphatic heterocycles. The molecule has 1 aromatic heterocycles. The lowest BCUT2D eigenvalue weighted by Crippen LogP contribution is -2.22. The summed E-state index contributed by atoms with van der Waals surface area (Å²) >= 11 is 0. The number of nitrogens with zero attached hydrogens (tertiary/aromatic N) is 2. The minimum atomic E-state index is -0.0727. The van der Waals surface area contributed by atoms with Gasteiger partial charge in [0.25, 0.3) is 0 Å². The van der Waals surface area contributed by atoms with Gasteiger partial charge in [0.1, 0.15) is 17.8 Å². The SMILES string of the molecule is COc1ccc(OCCCC(=O)Nn2cnc3ccccc32)cc1. The maximum Gasteiger partial charge on any atom is 0.238 e. The first-order valence-corrected chi connectivity index (χ1v) is 7.75. The van der Waals surface area contributed by atoms with Gasteiger partial charge < -0.3 is 9.47 Å². The number of imidazole rings is 1. The van der Waals surface area contributed by atoms with Gasteiger partial charge in [-0.1, -0.05) is 12.1 Å². The van der Waals surface area contributed by atoms with Gasteiger partial charge in [-0.3, -0.25) is 10.2 Å². The number of amides is 1. The molecular formula is C18H19N3O3. The van der Waals surface area contributed by atoms with E-state index in [9.17, 15) is 4.79 Å². The molecule has 0 aliphatic rings. The van der Waals surface area contributed by atoms with E-state index < -0.39 is 0 Å². The molecule has 24 heavy (non-hydrogen) atoms. The zero-order chi connectivity index (χ0) is 16.8. The van der Waals surface area contributed by atoms with Crippen LogP contribution in [0.5, 0.6) is 11.5 Å². The second kappa shape index (κ2) is 7.50. The van der Waals surface area contributed by atoms with Crippen LogP contribution < -0.4 is 14.9 Å². The fourth-order valence-corrected chi connectivity index (χ4v) is 2.33. The molecule has 3 rings (SSSR count). The molecule has 0 bridgehead atoms. The van der Waals surface area contributed by atoms with Crippen molar-refractivity contribution in [2.75, 3.05) is 19.1 Å². The lowest BCUT2D eigenvalue weighted by atomic mass is 10.3. The van der Waals surface area contributed by atoms with Crippen LogP contribution in [0.1, 0.15) is 12.8 Å². The number of benzene rings is 2. The van der Waals surface area contributed by atoms with E-state index in [-0.39, 0.29) is 5.91 Å². The zero-order valence-electron chi connectivity index (χ0n) is 13.4. The van der Waals surface area contributed by atoms with Crippen LogP contribution in [0.3, 0.4) is 0 Å². The number of carbonyl (C=O) groups excluding carboxylic acids is 1. The Balaban J connectivity index is 1.44. The van der Waals surface area contributed by atoms with E-state index in [0.717, 1.165) is 22.5 Å². The van der Waals surface area contributed by atoms with Crippen molar-refractivity contribution in [1.82, 2.24) is 9.66 Å². The highest BCUT2D eigenvalue weighted by atomic mass is 16.5. The molecule has 0 radical (unpaired) electrons. The van der Waals surface area contributed by atoms with Crippen molar-refractivity contribution in [3.05, 3.63) is 54.9 Å². The van der Waals surface area contributed by atoms with Crippen molar-refractivity contribution < 1.29 is 14.3 Å². The first-order valence-electron chi connectivity index (χ1n) is 7.75. The summed E-state index contributed by atoms with van der Waals surface area (Å²) in [6.07, 6.45) is 2.61. The molecule has 0 saturated carbocycles. The topological polar surface area (TPSA) is 65.4 Å². The Bertz CT molecular complexity index is 812. The van der Waals surface area contributed by atoms with Crippen LogP contribution in [0.4, 0.5) is 0 Å². The number of nitrogens with one attached hydrogen (secondary N) is 1. The molecule has 0 aliphatic carbocycles. The number of aromatic nitrogens is 2. The zero-order valence-corrected chi connectivity index (χ0v) is 13.4. The number of methoxy groups -OCH3 is 1. The summed E-state index contributed by atoms with van der Waals surface area (Å²) in [4.78, 5) is 16.3. The average Bonchev–Trinajstić information content (AvgIpc) is 3.02. The van der Waals surface area contributed by atoms with Crippen molar-refractivity contribution in [2.45, 2.75) is 12.8 Å². The lowest BCUT2D eigenvalue weighted by Gasteiger charge is -2.08. The van der Waals surface area contributed by atoms with Gasteiger partial charge in [0.2, 0.25) is 5.91 Å². The van der Waals surface area contributed by atoms with Gasteiger partial charge in [0.05, 0.1) is 24.8 Å². The van der Waals surface area contributed by atoms with E-state index in [1.807, 2.05) is 48.5 Å². The van der Waals surface area contributed by atoms with Crippen LogP contribution in [0, 0.1) is 0 Å². The molecule has 1 N–H and O–H groups in total. The van der Waals surface area contributed by atoms with Crippen molar-refractivity contribution >= 4 is 16.9 Å². The normalized spacial score (nSPS) is 10.5. The van der Waals surface area contributed by atoms with E-state index >= 15 is 0 Å². The van der Waals surface area contributed by atoms with Gasteiger partial charge in [0, 0.05) is 6.42 Å². The molecule has 1 heterocycles. The summed E-state index contributed by atoms with van der Waals surface area (Å²) in [6, 6.07) is 15.0. The van der Waals surface area contributed by atoms with Crippen LogP contribution >= 0.6 is 0 Å². The van der Waals surface area contributed by atoms with Gasteiger partial charge in [0.15, 0.2) is 0 Å². The Hall–Kier alpha value is -3.02. The van der Waals surface area contributed by atoms with Crippen LogP contribution in [0.2, 0.25) is 0 Å². The number of carbonyl (C=O) groups is 1. The third kappa shape index (κ3) is 3.84. The van der Waals surface area contributed by atoms with Gasteiger partial charge in [-0.05, 0) is 42.8 Å². The quantitative estimate of drug-likeness (QED) is 0.678. The number of para-hydroxylation sites is 2. The summed E-state index contributed by atoms with van der Waals surface area (Å²) < 4.78 is 12.3. The Morgan fingerprint density at radius 3 is 2.67 bits per heavy atom. The molecule has 2 aromatic carbocycles. The van der Waals surface area contributed by atoms with Gasteiger partial charge in [-0.15, -0.1) is 0 Å². The minimum absolute atomic E-state index is 0.0727. The number of fused-ring (bicyclic) bond motifs is 1. The second-order valence-electron chi connectivity index (χ2n) is 5.27. The smallest absolute Gasteiger partial charge is 0.238 e. The Morgan fingerprint density at radius 1 is 1.12 bits per heavy atom. The van der Waals surface area contributed by atoms with E-state index in [1.54, 1.807) is 18.1 Å². The van der Waals surface area contributed by atoms with Crippen LogP contribution in [-0.2, 0) is 4.79 Å². The molecule has 1 amide bonds. The van der Waals surface area contributed by atoms with Crippen molar-refractivity contribution in [3.63, 3.8) is 0 Å². The predicted octanol–water partition coefficient (Wildman–Crippen LogP) is 2.97. The van der Waals surface area contributed by atoms with Crippen LogP contribution in [0.25, 0.3) is 11.0 Å². The van der Waals surface area contributed by atoms with Gasteiger partial charge in [-0.25, -0.2) is 9.66 Å². The molecule has 6 heteroatoms. The minimum Gasteiger partial charge on any atom is -0.497 e. The van der Waals surface area contributed by atoms with Crippen molar-refractivity contribution in [3.8, 4) is 11.5 Å². The summed E-state index contributed by atoms with van der Waals surface area (Å²) in [7, 11) is 1.62. The summed E-state index contributed by atoms with van der Waals surface area (Å²) in [5.74, 6) is 1.47. The third-order valence-electron chi connectivity index (χ3n) is 3.58. The molecule has 0 fully saturated rings. The Morgan fingerprint density at radius 2 is 1.88 bits per heavy atom. The number of rotatable bonds is 7. The third-order valence-corrected chi connectivity index (χ3v) is 3.58. The van der Waals surface area contributed by atoms with E-state index in [0.29, 0.717) is 19.4 Å². The Kier molecular flexibility index (Phi) is 4.96. The largest absolute Gasteiger partial charge is 0.497 e. The summed E-state index contributed by atoms with van der Waals surface area (Å²) in [6.45, 7) is 0.477. The molecule has 0 atom stereocenters. The van der Waals surface area contributed by atoms with Crippen LogP contribution in [0.15, 0.2) is 54.9 Å². The number of ether oxygens (including phenoxy) is 2. The number of hydrogen-bond acceptors (Lipinski definition) is 4. The maximum atomic E-state index is 12.0. The first kappa shape index (κ1) is 15.9. The first-order chi connectivity index (χ1) is 11.8. The van der Waals surface area contributed by atoms with Crippen LogP contribution in [-0.4, -0.2) is 29.3 Å². The van der Waals surface area contributed by atoms with Crippen molar-refractivity contribution in [1.29, 1.82) is 0 Å². The standard InChI is InChI=1S/C18H19N3O3/c1-23-14-8-10-15(11-9-14)24-12-4-7-18(22)20-21-13-19-16-5-2-3-6-17(16)21/h2-3,5-6,8-11,13H,4,7,12H2,1H3,(H,20,22). The van der Waals surface area contributed by atoms with E-state index in [4.69, 9.17) is 9.47 Å². The molecule has 124 valence electrons. The monoisotopic (exact) mass is 325 g/mol. The van der Waals surface area contributed by atoms with Crippen molar-refractivity contribution in [2.24, 2.45) is 0 Å². The maximum absolute atomic E-state index is 12.0. The predicted molar refractivity (Wildman–Crippen MR) is 91.8 cm³/mol. The van der Waals surface area contributed by atoms with E-state index in [1.165, 1.54) is 0 Å². The van der Waals surface area contributed by atoms with E-state index in [2.05, 4.69) is 10.4 Å². The summed E-state index contributed by atoms with van der Waals surface area (Å²) in [5.41, 5.74) is 4.54. The molecule has 3 aromatic rings. The molecule has 6 nitrogen and oxygen atoms in total. The molecule has 0 unspecified atom stereocenters. The highest BCUT2D eigenvalue weighted by Gasteiger charge is 2.06. The van der Waals surface area contributed by atoms with Gasteiger partial charge in [-0.2, -0.15) is 0 Å². The molecular weight excluding hydrogens is 306 g/mol. The van der Waals surface area contributed by atoms with Gasteiger partial charge >= 0.3 is 0 Å². The Labute approximate surface area is 140 Å². The second-order valence-corrected chi connectivity index (χ2v) is 5.27. The highest BCUT2D eigenvalue weighted by Crippen LogP contribution is 2.17. The fourth-order valence-electron chi connectivity index (χ4n) is 2.33. The number of hydrogen-bond donors (Lipinski definition) is 1.